The number of carbonyl (C=O) groups is 1. The average Bonchev–Trinajstić information content (AvgIpc) is 2.82. The lowest BCUT2D eigenvalue weighted by atomic mass is 9.81. The van der Waals surface area contributed by atoms with Crippen LogP contribution in [0.4, 0.5) is 5.69 Å². The second-order valence-corrected chi connectivity index (χ2v) is 5.23. The van der Waals surface area contributed by atoms with E-state index in [4.69, 9.17) is 5.73 Å². The van der Waals surface area contributed by atoms with Crippen LogP contribution in [0.2, 0.25) is 0 Å². The van der Waals surface area contributed by atoms with Crippen LogP contribution < -0.4 is 11.1 Å². The van der Waals surface area contributed by atoms with Gasteiger partial charge in [0.05, 0.1) is 5.69 Å². The standard InChI is InChI=1S/C12H18N2OS/c13-7-9-1-3-10(4-2-9)12(15)14-11-5-6-16-8-11/h5-6,8-10H,1-4,7,13H2,(H,14,15). The van der Waals surface area contributed by atoms with Gasteiger partial charge in [-0.05, 0) is 49.6 Å². The van der Waals surface area contributed by atoms with Crippen molar-refractivity contribution in [3.8, 4) is 0 Å². The average molecular weight is 238 g/mol. The summed E-state index contributed by atoms with van der Waals surface area (Å²) in [5.74, 6) is 0.988. The fraction of sp³-hybridized carbons (Fsp3) is 0.583. The lowest BCUT2D eigenvalue weighted by molar-refractivity contribution is -0.121. The third-order valence-electron chi connectivity index (χ3n) is 3.34. The number of thiophene rings is 1. The van der Waals surface area contributed by atoms with Crippen molar-refractivity contribution >= 4 is 22.9 Å². The van der Waals surface area contributed by atoms with E-state index in [1.165, 1.54) is 0 Å². The summed E-state index contributed by atoms with van der Waals surface area (Å²) in [5.41, 5.74) is 6.56. The van der Waals surface area contributed by atoms with Crippen LogP contribution in [-0.4, -0.2) is 12.5 Å². The molecule has 2 rings (SSSR count). The number of carbonyl (C=O) groups excluding carboxylic acids is 1. The molecule has 3 nitrogen and oxygen atoms in total. The first-order valence-electron chi connectivity index (χ1n) is 5.82. The molecule has 0 aliphatic heterocycles. The maximum atomic E-state index is 11.9. The SMILES string of the molecule is NCC1CCC(C(=O)Nc2ccsc2)CC1. The first kappa shape index (κ1) is 11.6. The molecule has 1 amide bonds. The van der Waals surface area contributed by atoms with Crippen molar-refractivity contribution in [3.05, 3.63) is 16.8 Å². The molecule has 0 radical (unpaired) electrons. The predicted molar refractivity (Wildman–Crippen MR) is 67.5 cm³/mol. The van der Waals surface area contributed by atoms with Crippen molar-refractivity contribution in [1.29, 1.82) is 0 Å². The number of anilines is 1. The first-order chi connectivity index (χ1) is 7.79. The van der Waals surface area contributed by atoms with Crippen LogP contribution in [0.3, 0.4) is 0 Å². The van der Waals surface area contributed by atoms with Crippen LogP contribution in [-0.2, 0) is 4.79 Å². The number of nitrogens with two attached hydrogens (primary N) is 1. The van der Waals surface area contributed by atoms with Crippen molar-refractivity contribution in [2.45, 2.75) is 25.7 Å². The molecule has 1 aliphatic rings. The Balaban J connectivity index is 1.82. The summed E-state index contributed by atoms with van der Waals surface area (Å²) >= 11 is 1.60. The monoisotopic (exact) mass is 238 g/mol. The van der Waals surface area contributed by atoms with E-state index in [1.54, 1.807) is 11.3 Å². The van der Waals surface area contributed by atoms with Crippen molar-refractivity contribution in [3.63, 3.8) is 0 Å². The van der Waals surface area contributed by atoms with Gasteiger partial charge in [0.25, 0.3) is 0 Å². The molecule has 1 heterocycles. The van der Waals surface area contributed by atoms with Crippen LogP contribution >= 0.6 is 11.3 Å². The van der Waals surface area contributed by atoms with E-state index in [-0.39, 0.29) is 11.8 Å². The lowest BCUT2D eigenvalue weighted by Crippen LogP contribution is -2.29. The molecule has 1 aromatic rings. The van der Waals surface area contributed by atoms with Crippen molar-refractivity contribution < 1.29 is 4.79 Å². The topological polar surface area (TPSA) is 55.1 Å². The molecule has 0 atom stereocenters. The number of amides is 1. The fourth-order valence-corrected chi connectivity index (χ4v) is 2.83. The summed E-state index contributed by atoms with van der Waals surface area (Å²) in [4.78, 5) is 11.9. The van der Waals surface area contributed by atoms with E-state index >= 15 is 0 Å². The van der Waals surface area contributed by atoms with Gasteiger partial charge in [-0.15, -0.1) is 0 Å². The molecule has 16 heavy (non-hydrogen) atoms. The second kappa shape index (κ2) is 5.46. The van der Waals surface area contributed by atoms with E-state index in [2.05, 4.69) is 5.32 Å². The normalized spacial score (nSPS) is 25.3. The van der Waals surface area contributed by atoms with E-state index in [0.29, 0.717) is 5.92 Å². The Labute approximate surface area is 100 Å². The van der Waals surface area contributed by atoms with Crippen LogP contribution in [0, 0.1) is 11.8 Å². The summed E-state index contributed by atoms with van der Waals surface area (Å²) < 4.78 is 0. The van der Waals surface area contributed by atoms with E-state index < -0.39 is 0 Å². The largest absolute Gasteiger partial charge is 0.330 e. The highest BCUT2D eigenvalue weighted by Crippen LogP contribution is 2.29. The number of rotatable bonds is 3. The molecule has 0 unspecified atom stereocenters. The fourth-order valence-electron chi connectivity index (χ4n) is 2.24. The summed E-state index contributed by atoms with van der Waals surface area (Å²) in [6.07, 6.45) is 4.16. The van der Waals surface area contributed by atoms with Crippen LogP contribution in [0.15, 0.2) is 16.8 Å². The van der Waals surface area contributed by atoms with Gasteiger partial charge in [-0.25, -0.2) is 0 Å². The van der Waals surface area contributed by atoms with Gasteiger partial charge in [0.2, 0.25) is 5.91 Å². The second-order valence-electron chi connectivity index (χ2n) is 4.45. The molecular weight excluding hydrogens is 220 g/mol. The van der Waals surface area contributed by atoms with Crippen molar-refractivity contribution in [1.82, 2.24) is 0 Å². The molecule has 0 bridgehead atoms. The summed E-state index contributed by atoms with van der Waals surface area (Å²) in [6, 6.07) is 1.94. The summed E-state index contributed by atoms with van der Waals surface area (Å²) in [6.45, 7) is 0.763. The quantitative estimate of drug-likeness (QED) is 0.850. The van der Waals surface area contributed by atoms with E-state index in [9.17, 15) is 4.79 Å². The van der Waals surface area contributed by atoms with Crippen LogP contribution in [0.1, 0.15) is 25.7 Å². The van der Waals surface area contributed by atoms with E-state index in [0.717, 1.165) is 37.9 Å². The molecule has 1 aliphatic carbocycles. The Kier molecular flexibility index (Phi) is 3.96. The predicted octanol–water partition coefficient (Wildman–Crippen LogP) is 2.45. The highest BCUT2D eigenvalue weighted by atomic mass is 32.1. The third-order valence-corrected chi connectivity index (χ3v) is 4.02. The minimum absolute atomic E-state index is 0.175. The van der Waals surface area contributed by atoms with Gasteiger partial charge in [0.15, 0.2) is 0 Å². The molecule has 0 saturated heterocycles. The molecular formula is C12H18N2OS. The summed E-state index contributed by atoms with van der Waals surface area (Å²) in [7, 11) is 0. The zero-order valence-corrected chi connectivity index (χ0v) is 10.1. The number of nitrogens with one attached hydrogen (secondary N) is 1. The van der Waals surface area contributed by atoms with Crippen LogP contribution in [0.5, 0.6) is 0 Å². The minimum Gasteiger partial charge on any atom is -0.330 e. The van der Waals surface area contributed by atoms with Gasteiger partial charge in [0.1, 0.15) is 0 Å². The molecule has 3 N–H and O–H groups in total. The highest BCUT2D eigenvalue weighted by molar-refractivity contribution is 7.08. The Morgan fingerprint density at radius 2 is 2.19 bits per heavy atom. The Hall–Kier alpha value is -0.870. The smallest absolute Gasteiger partial charge is 0.227 e. The van der Waals surface area contributed by atoms with Gasteiger partial charge in [0, 0.05) is 11.3 Å². The van der Waals surface area contributed by atoms with Crippen molar-refractivity contribution in [2.24, 2.45) is 17.6 Å². The van der Waals surface area contributed by atoms with Gasteiger partial charge in [-0.1, -0.05) is 0 Å². The molecule has 0 spiro atoms. The first-order valence-corrected chi connectivity index (χ1v) is 6.77. The van der Waals surface area contributed by atoms with Gasteiger partial charge in [-0.2, -0.15) is 11.3 Å². The minimum atomic E-state index is 0.175. The summed E-state index contributed by atoms with van der Waals surface area (Å²) in [5, 5.41) is 6.90. The lowest BCUT2D eigenvalue weighted by Gasteiger charge is -2.26. The third kappa shape index (κ3) is 2.83. The number of hydrogen-bond donors (Lipinski definition) is 2. The Morgan fingerprint density at radius 3 is 2.75 bits per heavy atom. The molecule has 1 aromatic heterocycles. The molecule has 4 heteroatoms. The van der Waals surface area contributed by atoms with Gasteiger partial charge < -0.3 is 11.1 Å². The van der Waals surface area contributed by atoms with Gasteiger partial charge >= 0.3 is 0 Å². The maximum absolute atomic E-state index is 11.9. The zero-order valence-electron chi connectivity index (χ0n) is 9.32. The Morgan fingerprint density at radius 1 is 1.44 bits per heavy atom. The number of hydrogen-bond acceptors (Lipinski definition) is 3. The maximum Gasteiger partial charge on any atom is 0.227 e. The van der Waals surface area contributed by atoms with Gasteiger partial charge in [-0.3, -0.25) is 4.79 Å². The Bertz CT molecular complexity index is 329. The van der Waals surface area contributed by atoms with Crippen molar-refractivity contribution in [2.75, 3.05) is 11.9 Å². The highest BCUT2D eigenvalue weighted by Gasteiger charge is 2.25. The molecule has 1 fully saturated rings. The van der Waals surface area contributed by atoms with Crippen LogP contribution in [0.25, 0.3) is 0 Å². The zero-order chi connectivity index (χ0) is 11.4. The molecule has 88 valence electrons. The molecule has 0 aromatic carbocycles. The molecule has 1 saturated carbocycles. The van der Waals surface area contributed by atoms with E-state index in [1.807, 2.05) is 16.8 Å².